The van der Waals surface area contributed by atoms with Gasteiger partial charge in [-0.25, -0.2) is 4.79 Å². The van der Waals surface area contributed by atoms with Crippen LogP contribution in [0.3, 0.4) is 0 Å². The topological polar surface area (TPSA) is 105 Å². The highest BCUT2D eigenvalue weighted by atomic mass is 16.5. The monoisotopic (exact) mass is 382 g/mol. The summed E-state index contributed by atoms with van der Waals surface area (Å²) in [6.45, 7) is -0.321. The zero-order valence-corrected chi connectivity index (χ0v) is 15.3. The molecular formula is C21H22N2O5. The molecule has 3 N–H and O–H groups in total. The lowest BCUT2D eigenvalue weighted by Crippen LogP contribution is -2.44. The summed E-state index contributed by atoms with van der Waals surface area (Å²) in [5.74, 6) is -1.15. The molecule has 0 aromatic heterocycles. The molecule has 0 unspecified atom stereocenters. The van der Waals surface area contributed by atoms with Crippen molar-refractivity contribution in [2.24, 2.45) is 5.92 Å². The third-order valence-corrected chi connectivity index (χ3v) is 4.34. The molecule has 1 aliphatic rings. The van der Waals surface area contributed by atoms with E-state index < -0.39 is 17.9 Å². The molecule has 0 spiro atoms. The van der Waals surface area contributed by atoms with Gasteiger partial charge in [-0.2, -0.15) is 0 Å². The lowest BCUT2D eigenvalue weighted by Gasteiger charge is -2.15. The molecule has 0 saturated heterocycles. The van der Waals surface area contributed by atoms with Crippen LogP contribution in [0, 0.1) is 5.92 Å². The van der Waals surface area contributed by atoms with Crippen molar-refractivity contribution in [3.63, 3.8) is 0 Å². The maximum absolute atomic E-state index is 12.1. The Bertz CT molecular complexity index is 849. The summed E-state index contributed by atoms with van der Waals surface area (Å²) in [4.78, 5) is 35.4. The average molecular weight is 382 g/mol. The first kappa shape index (κ1) is 19.4. The molecule has 0 heterocycles. The van der Waals surface area contributed by atoms with Gasteiger partial charge in [-0.05, 0) is 30.5 Å². The zero-order chi connectivity index (χ0) is 19.9. The number of rotatable bonds is 9. The third-order valence-electron chi connectivity index (χ3n) is 4.34. The Hall–Kier alpha value is -3.35. The first-order valence-corrected chi connectivity index (χ1v) is 9.11. The standard InChI is InChI=1S/C21H22N2O5/c24-19(23-18(21(26)27)11-14-5-2-1-3-6-14)13-28-17-8-4-7-16(12-17)22-20(25)15-9-10-15/h1-8,12,15,18H,9-11,13H2,(H,22,25)(H,23,24)(H,26,27)/t18-/m1/s1. The van der Waals surface area contributed by atoms with Gasteiger partial charge in [0.25, 0.3) is 5.91 Å². The van der Waals surface area contributed by atoms with Gasteiger partial charge in [-0.3, -0.25) is 9.59 Å². The van der Waals surface area contributed by atoms with E-state index >= 15 is 0 Å². The van der Waals surface area contributed by atoms with Crippen LogP contribution in [0.15, 0.2) is 54.6 Å². The quantitative estimate of drug-likeness (QED) is 0.617. The Morgan fingerprint density at radius 3 is 2.50 bits per heavy atom. The van der Waals surface area contributed by atoms with Crippen molar-refractivity contribution < 1.29 is 24.2 Å². The molecule has 0 bridgehead atoms. The number of carbonyl (C=O) groups excluding carboxylic acids is 2. The van der Waals surface area contributed by atoms with Crippen LogP contribution in [0.1, 0.15) is 18.4 Å². The summed E-state index contributed by atoms with van der Waals surface area (Å²) in [5, 5.41) is 14.6. The van der Waals surface area contributed by atoms with Crippen molar-refractivity contribution >= 4 is 23.5 Å². The van der Waals surface area contributed by atoms with Crippen LogP contribution in [0.2, 0.25) is 0 Å². The minimum absolute atomic E-state index is 0.0138. The summed E-state index contributed by atoms with van der Waals surface area (Å²) < 4.78 is 5.44. The molecule has 1 aliphatic carbocycles. The number of carboxylic acids is 1. The Labute approximate surface area is 162 Å². The summed E-state index contributed by atoms with van der Waals surface area (Å²) in [6.07, 6.45) is 2.01. The molecule has 0 aliphatic heterocycles. The number of aliphatic carboxylic acids is 1. The maximum atomic E-state index is 12.1. The highest BCUT2D eigenvalue weighted by molar-refractivity contribution is 5.94. The smallest absolute Gasteiger partial charge is 0.326 e. The van der Waals surface area contributed by atoms with Gasteiger partial charge in [0.05, 0.1) is 0 Å². The fourth-order valence-corrected chi connectivity index (χ4v) is 2.69. The van der Waals surface area contributed by atoms with Gasteiger partial charge in [0.1, 0.15) is 11.8 Å². The first-order valence-electron chi connectivity index (χ1n) is 9.11. The number of carbonyl (C=O) groups is 3. The molecule has 28 heavy (non-hydrogen) atoms. The summed E-state index contributed by atoms with van der Waals surface area (Å²) >= 11 is 0. The predicted molar refractivity (Wildman–Crippen MR) is 103 cm³/mol. The van der Waals surface area contributed by atoms with Gasteiger partial charge in [-0.15, -0.1) is 0 Å². The van der Waals surface area contributed by atoms with E-state index in [2.05, 4.69) is 10.6 Å². The van der Waals surface area contributed by atoms with Gasteiger partial charge in [0, 0.05) is 24.1 Å². The number of hydrogen-bond acceptors (Lipinski definition) is 4. The molecule has 2 aromatic carbocycles. The maximum Gasteiger partial charge on any atom is 0.326 e. The van der Waals surface area contributed by atoms with Crippen molar-refractivity contribution in [3.05, 3.63) is 60.2 Å². The number of hydrogen-bond donors (Lipinski definition) is 3. The molecular weight excluding hydrogens is 360 g/mol. The van der Waals surface area contributed by atoms with Gasteiger partial charge >= 0.3 is 5.97 Å². The Kier molecular flexibility index (Phi) is 6.26. The van der Waals surface area contributed by atoms with Gasteiger partial charge in [0.2, 0.25) is 5.91 Å². The Morgan fingerprint density at radius 2 is 1.82 bits per heavy atom. The molecule has 7 heteroatoms. The van der Waals surface area contributed by atoms with E-state index in [9.17, 15) is 19.5 Å². The van der Waals surface area contributed by atoms with Crippen LogP contribution >= 0.6 is 0 Å². The van der Waals surface area contributed by atoms with E-state index in [4.69, 9.17) is 4.74 Å². The zero-order valence-electron chi connectivity index (χ0n) is 15.3. The van der Waals surface area contributed by atoms with Crippen LogP contribution in [0.5, 0.6) is 5.75 Å². The summed E-state index contributed by atoms with van der Waals surface area (Å²) in [5.41, 5.74) is 1.41. The van der Waals surface area contributed by atoms with Gasteiger partial charge in [0.15, 0.2) is 6.61 Å². The molecule has 2 aromatic rings. The van der Waals surface area contributed by atoms with Crippen molar-refractivity contribution in [3.8, 4) is 5.75 Å². The van der Waals surface area contributed by atoms with E-state index in [1.165, 1.54) is 0 Å². The lowest BCUT2D eigenvalue weighted by molar-refractivity contribution is -0.142. The number of nitrogens with one attached hydrogen (secondary N) is 2. The SMILES string of the molecule is O=C(COc1cccc(NC(=O)C2CC2)c1)N[C@H](Cc1ccccc1)C(=O)O. The number of ether oxygens (including phenoxy) is 1. The minimum atomic E-state index is -1.11. The molecule has 146 valence electrons. The van der Waals surface area contributed by atoms with Crippen LogP contribution < -0.4 is 15.4 Å². The fraction of sp³-hybridized carbons (Fsp3) is 0.286. The highest BCUT2D eigenvalue weighted by Crippen LogP contribution is 2.30. The van der Waals surface area contributed by atoms with Crippen molar-refractivity contribution in [2.45, 2.75) is 25.3 Å². The van der Waals surface area contributed by atoms with E-state index in [1.54, 1.807) is 36.4 Å². The summed E-state index contributed by atoms with van der Waals surface area (Å²) in [7, 11) is 0. The lowest BCUT2D eigenvalue weighted by atomic mass is 10.1. The number of anilines is 1. The highest BCUT2D eigenvalue weighted by Gasteiger charge is 2.29. The van der Waals surface area contributed by atoms with E-state index in [0.29, 0.717) is 11.4 Å². The van der Waals surface area contributed by atoms with Crippen molar-refractivity contribution in [1.82, 2.24) is 5.32 Å². The number of amides is 2. The second-order valence-corrected chi connectivity index (χ2v) is 6.73. The van der Waals surface area contributed by atoms with Gasteiger partial charge < -0.3 is 20.5 Å². The third kappa shape index (κ3) is 5.84. The molecule has 3 rings (SSSR count). The fourth-order valence-electron chi connectivity index (χ4n) is 2.69. The van der Waals surface area contributed by atoms with E-state index in [0.717, 1.165) is 18.4 Å². The Morgan fingerprint density at radius 1 is 1.07 bits per heavy atom. The number of carboxylic acid groups (broad SMARTS) is 1. The van der Waals surface area contributed by atoms with E-state index in [1.807, 2.05) is 18.2 Å². The first-order chi connectivity index (χ1) is 13.5. The number of benzene rings is 2. The Balaban J connectivity index is 1.51. The van der Waals surface area contributed by atoms with Crippen LogP contribution in [-0.4, -0.2) is 35.5 Å². The normalized spacial score (nSPS) is 14.0. The second-order valence-electron chi connectivity index (χ2n) is 6.73. The molecule has 2 amide bonds. The molecule has 1 atom stereocenters. The van der Waals surface area contributed by atoms with Crippen LogP contribution in [0.4, 0.5) is 5.69 Å². The molecule has 1 fully saturated rings. The predicted octanol–water partition coefficient (Wildman–Crippen LogP) is 2.23. The van der Waals surface area contributed by atoms with Crippen molar-refractivity contribution in [2.75, 3.05) is 11.9 Å². The minimum Gasteiger partial charge on any atom is -0.484 e. The van der Waals surface area contributed by atoms with E-state index in [-0.39, 0.29) is 24.9 Å². The average Bonchev–Trinajstić information content (AvgIpc) is 3.52. The van der Waals surface area contributed by atoms with Crippen LogP contribution in [-0.2, 0) is 20.8 Å². The largest absolute Gasteiger partial charge is 0.484 e. The summed E-state index contributed by atoms with van der Waals surface area (Å²) in [6, 6.07) is 14.8. The van der Waals surface area contributed by atoms with Gasteiger partial charge in [-0.1, -0.05) is 36.4 Å². The van der Waals surface area contributed by atoms with Crippen LogP contribution in [0.25, 0.3) is 0 Å². The second kappa shape index (κ2) is 9.03. The molecule has 1 saturated carbocycles. The molecule has 7 nitrogen and oxygen atoms in total. The van der Waals surface area contributed by atoms with Crippen molar-refractivity contribution in [1.29, 1.82) is 0 Å². The molecule has 0 radical (unpaired) electrons.